The lowest BCUT2D eigenvalue weighted by atomic mass is 10.0. The molecule has 2 rings (SSSR count). The molecule has 0 heterocycles. The molecule has 2 aromatic rings. The molecule has 0 aliphatic rings. The quantitative estimate of drug-likeness (QED) is 0.494. The van der Waals surface area contributed by atoms with E-state index in [0.717, 1.165) is 15.6 Å². The SMILES string of the molecule is COc1cc(CNC(CC(C)C)C(=O)O)c(Br)cc1OCc1ccccc1Cl. The third kappa shape index (κ3) is 6.40. The van der Waals surface area contributed by atoms with Crippen molar-refractivity contribution in [1.82, 2.24) is 5.32 Å². The second-order valence-corrected chi connectivity index (χ2v) is 8.14. The van der Waals surface area contributed by atoms with Crippen LogP contribution in [0.25, 0.3) is 0 Å². The molecular formula is C21H25BrClNO4. The molecule has 0 aliphatic carbocycles. The molecule has 152 valence electrons. The number of carboxylic acid groups (broad SMARTS) is 1. The molecule has 5 nitrogen and oxygen atoms in total. The van der Waals surface area contributed by atoms with Gasteiger partial charge in [-0.3, -0.25) is 4.79 Å². The maximum atomic E-state index is 11.4. The lowest BCUT2D eigenvalue weighted by Crippen LogP contribution is -2.37. The molecule has 0 fully saturated rings. The van der Waals surface area contributed by atoms with Crippen LogP contribution in [-0.2, 0) is 17.9 Å². The minimum Gasteiger partial charge on any atom is -0.493 e. The number of benzene rings is 2. The number of carboxylic acids is 1. The molecular weight excluding hydrogens is 446 g/mol. The highest BCUT2D eigenvalue weighted by Gasteiger charge is 2.19. The Hall–Kier alpha value is -1.76. The van der Waals surface area contributed by atoms with E-state index in [4.69, 9.17) is 21.1 Å². The van der Waals surface area contributed by atoms with Crippen LogP contribution in [0.1, 0.15) is 31.4 Å². The van der Waals surface area contributed by atoms with Crippen LogP contribution in [0.2, 0.25) is 5.02 Å². The molecule has 0 spiro atoms. The van der Waals surface area contributed by atoms with Gasteiger partial charge in [0.05, 0.1) is 7.11 Å². The van der Waals surface area contributed by atoms with Gasteiger partial charge in [0.1, 0.15) is 12.6 Å². The van der Waals surface area contributed by atoms with Gasteiger partial charge in [0, 0.05) is 21.6 Å². The van der Waals surface area contributed by atoms with E-state index >= 15 is 0 Å². The van der Waals surface area contributed by atoms with Crippen molar-refractivity contribution in [2.24, 2.45) is 5.92 Å². The Kier molecular flexibility index (Phi) is 8.60. The van der Waals surface area contributed by atoms with Gasteiger partial charge < -0.3 is 19.9 Å². The first-order chi connectivity index (χ1) is 13.3. The van der Waals surface area contributed by atoms with E-state index in [1.165, 1.54) is 0 Å². The molecule has 1 atom stereocenters. The number of nitrogens with one attached hydrogen (secondary N) is 1. The predicted octanol–water partition coefficient (Wildman–Crippen LogP) is 5.28. The predicted molar refractivity (Wildman–Crippen MR) is 114 cm³/mol. The van der Waals surface area contributed by atoms with Crippen LogP contribution in [-0.4, -0.2) is 24.2 Å². The van der Waals surface area contributed by atoms with Crippen molar-refractivity contribution in [2.45, 2.75) is 39.5 Å². The highest BCUT2D eigenvalue weighted by Crippen LogP contribution is 2.34. The summed E-state index contributed by atoms with van der Waals surface area (Å²) in [4.78, 5) is 11.4. The molecule has 0 saturated heterocycles. The Morgan fingerprint density at radius 1 is 1.21 bits per heavy atom. The monoisotopic (exact) mass is 469 g/mol. The van der Waals surface area contributed by atoms with Crippen molar-refractivity contribution in [2.75, 3.05) is 7.11 Å². The normalized spacial score (nSPS) is 12.1. The first kappa shape index (κ1) is 22.5. The highest BCUT2D eigenvalue weighted by atomic mass is 79.9. The number of hydrogen-bond acceptors (Lipinski definition) is 4. The van der Waals surface area contributed by atoms with E-state index in [-0.39, 0.29) is 5.92 Å². The van der Waals surface area contributed by atoms with Crippen molar-refractivity contribution < 1.29 is 19.4 Å². The van der Waals surface area contributed by atoms with Crippen molar-refractivity contribution in [3.8, 4) is 11.5 Å². The first-order valence-corrected chi connectivity index (χ1v) is 10.2. The summed E-state index contributed by atoms with van der Waals surface area (Å²) in [5.41, 5.74) is 1.77. The molecule has 0 amide bonds. The van der Waals surface area contributed by atoms with Crippen LogP contribution >= 0.6 is 27.5 Å². The molecule has 2 N–H and O–H groups in total. The smallest absolute Gasteiger partial charge is 0.320 e. The number of aliphatic carboxylic acids is 1. The Labute approximate surface area is 179 Å². The Balaban J connectivity index is 2.11. The second kappa shape index (κ2) is 10.7. The summed E-state index contributed by atoms with van der Waals surface area (Å²) in [7, 11) is 1.57. The molecule has 0 bridgehead atoms. The van der Waals surface area contributed by atoms with Gasteiger partial charge >= 0.3 is 5.97 Å². The molecule has 2 aromatic carbocycles. The maximum Gasteiger partial charge on any atom is 0.320 e. The van der Waals surface area contributed by atoms with Gasteiger partial charge in [0.25, 0.3) is 0 Å². The standard InChI is InChI=1S/C21H25BrClNO4/c1-13(2)8-18(21(25)26)24-11-15-9-19(27-3)20(10-16(15)22)28-12-14-6-4-5-7-17(14)23/h4-7,9-10,13,18,24H,8,11-12H2,1-3H3,(H,25,26). The number of ether oxygens (including phenoxy) is 2. The fourth-order valence-corrected chi connectivity index (χ4v) is 3.38. The summed E-state index contributed by atoms with van der Waals surface area (Å²) in [6.07, 6.45) is 0.559. The third-order valence-corrected chi connectivity index (χ3v) is 5.32. The summed E-state index contributed by atoms with van der Waals surface area (Å²) < 4.78 is 12.2. The molecule has 0 radical (unpaired) electrons. The zero-order valence-corrected chi connectivity index (χ0v) is 18.5. The van der Waals surface area contributed by atoms with E-state index in [1.54, 1.807) is 7.11 Å². The van der Waals surface area contributed by atoms with Crippen LogP contribution in [0.3, 0.4) is 0 Å². The molecule has 7 heteroatoms. The number of methoxy groups -OCH3 is 1. The van der Waals surface area contributed by atoms with Crippen molar-refractivity contribution in [3.05, 3.63) is 57.0 Å². The number of rotatable bonds is 10. The van der Waals surface area contributed by atoms with Crippen molar-refractivity contribution in [3.63, 3.8) is 0 Å². The van der Waals surface area contributed by atoms with E-state index in [2.05, 4.69) is 21.2 Å². The fraction of sp³-hybridized carbons (Fsp3) is 0.381. The maximum absolute atomic E-state index is 11.4. The minimum absolute atomic E-state index is 0.284. The highest BCUT2D eigenvalue weighted by molar-refractivity contribution is 9.10. The average molecular weight is 471 g/mol. The Morgan fingerprint density at radius 2 is 1.93 bits per heavy atom. The summed E-state index contributed by atoms with van der Waals surface area (Å²) in [5.74, 6) is 0.585. The van der Waals surface area contributed by atoms with E-state index in [0.29, 0.717) is 36.1 Å². The molecule has 1 unspecified atom stereocenters. The second-order valence-electron chi connectivity index (χ2n) is 6.88. The van der Waals surface area contributed by atoms with E-state index in [1.807, 2.05) is 50.2 Å². The lowest BCUT2D eigenvalue weighted by Gasteiger charge is -2.18. The molecule has 0 saturated carbocycles. The topological polar surface area (TPSA) is 67.8 Å². The Bertz CT molecular complexity index is 813. The van der Waals surface area contributed by atoms with Gasteiger partial charge in [-0.15, -0.1) is 0 Å². The molecule has 0 aromatic heterocycles. The zero-order chi connectivity index (χ0) is 20.7. The summed E-state index contributed by atoms with van der Waals surface area (Å²) in [6, 6.07) is 10.6. The minimum atomic E-state index is -0.850. The third-order valence-electron chi connectivity index (χ3n) is 4.22. The number of hydrogen-bond donors (Lipinski definition) is 2. The van der Waals surface area contributed by atoms with Crippen LogP contribution in [0.15, 0.2) is 40.9 Å². The number of carbonyl (C=O) groups is 1. The van der Waals surface area contributed by atoms with Crippen LogP contribution in [0.5, 0.6) is 11.5 Å². The van der Waals surface area contributed by atoms with Gasteiger partial charge in [-0.05, 0) is 36.1 Å². The zero-order valence-electron chi connectivity index (χ0n) is 16.2. The Morgan fingerprint density at radius 3 is 2.54 bits per heavy atom. The summed E-state index contributed by atoms with van der Waals surface area (Å²) >= 11 is 9.72. The largest absolute Gasteiger partial charge is 0.493 e. The van der Waals surface area contributed by atoms with Crippen molar-refractivity contribution in [1.29, 1.82) is 0 Å². The van der Waals surface area contributed by atoms with Crippen LogP contribution < -0.4 is 14.8 Å². The van der Waals surface area contributed by atoms with Gasteiger partial charge in [-0.1, -0.05) is 59.6 Å². The summed E-state index contributed by atoms with van der Waals surface area (Å²) in [6.45, 7) is 4.71. The van der Waals surface area contributed by atoms with Crippen molar-refractivity contribution >= 4 is 33.5 Å². The summed E-state index contributed by atoms with van der Waals surface area (Å²) in [5, 5.41) is 13.1. The van der Waals surface area contributed by atoms with Gasteiger partial charge in [0.15, 0.2) is 11.5 Å². The van der Waals surface area contributed by atoms with Crippen LogP contribution in [0, 0.1) is 5.92 Å². The van der Waals surface area contributed by atoms with Gasteiger partial charge in [-0.25, -0.2) is 0 Å². The van der Waals surface area contributed by atoms with Crippen LogP contribution in [0.4, 0.5) is 0 Å². The number of halogens is 2. The van der Waals surface area contributed by atoms with E-state index < -0.39 is 12.0 Å². The van der Waals surface area contributed by atoms with Gasteiger partial charge in [0.2, 0.25) is 0 Å². The first-order valence-electron chi connectivity index (χ1n) is 9.00. The molecule has 0 aliphatic heterocycles. The fourth-order valence-electron chi connectivity index (χ4n) is 2.73. The lowest BCUT2D eigenvalue weighted by molar-refractivity contribution is -0.140. The van der Waals surface area contributed by atoms with E-state index in [9.17, 15) is 9.90 Å². The molecule has 28 heavy (non-hydrogen) atoms. The van der Waals surface area contributed by atoms with Gasteiger partial charge in [-0.2, -0.15) is 0 Å². The average Bonchev–Trinajstić information content (AvgIpc) is 2.65.